The molecule has 78 valence electrons. The van der Waals surface area contributed by atoms with Gasteiger partial charge in [0.1, 0.15) is 0 Å². The van der Waals surface area contributed by atoms with E-state index in [1.165, 1.54) is 25.0 Å². The maximum atomic E-state index is 4.39. The molecular weight excluding hydrogens is 174 g/mol. The summed E-state index contributed by atoms with van der Waals surface area (Å²) in [5.41, 5.74) is 1.22. The Kier molecular flexibility index (Phi) is 2.87. The normalized spacial score (nSPS) is 18.4. The number of rotatable bonds is 5. The molecule has 1 aliphatic rings. The molecule has 0 spiro atoms. The average Bonchev–Trinajstić information content (AvgIpc) is 2.92. The maximum absolute atomic E-state index is 4.39. The van der Waals surface area contributed by atoms with Crippen molar-refractivity contribution in [3.05, 3.63) is 18.0 Å². The van der Waals surface area contributed by atoms with Gasteiger partial charge in [-0.3, -0.25) is 4.68 Å². The average molecular weight is 193 g/mol. The summed E-state index contributed by atoms with van der Waals surface area (Å²) in [6.45, 7) is 0. The smallest absolute Gasteiger partial charge is 0.0625 e. The van der Waals surface area contributed by atoms with Crippen molar-refractivity contribution in [2.45, 2.75) is 31.7 Å². The number of aromatic nitrogens is 2. The molecule has 1 atom stereocenters. The van der Waals surface area contributed by atoms with Crippen LogP contribution < -0.4 is 5.32 Å². The zero-order valence-corrected chi connectivity index (χ0v) is 9.03. The Labute approximate surface area is 85.5 Å². The van der Waals surface area contributed by atoms with Crippen LogP contribution in [0.3, 0.4) is 0 Å². The van der Waals surface area contributed by atoms with Gasteiger partial charge in [-0.25, -0.2) is 0 Å². The van der Waals surface area contributed by atoms with E-state index in [1.807, 2.05) is 17.9 Å². The summed E-state index contributed by atoms with van der Waals surface area (Å²) in [7, 11) is 4.04. The monoisotopic (exact) mass is 193 g/mol. The highest BCUT2D eigenvalue weighted by atomic mass is 15.2. The fourth-order valence-electron chi connectivity index (χ4n) is 2.01. The highest BCUT2D eigenvalue weighted by molar-refractivity contribution is 5.00. The standard InChI is InChI=1S/C11H19N3/c1-12-11(9-3-4-9)6-5-10-7-8-14(2)13-10/h7-9,11-12H,3-6H2,1-2H3. The molecule has 1 heterocycles. The molecule has 1 saturated carbocycles. The summed E-state index contributed by atoms with van der Waals surface area (Å²) in [6, 6.07) is 2.82. The van der Waals surface area contributed by atoms with E-state index in [4.69, 9.17) is 0 Å². The van der Waals surface area contributed by atoms with Crippen molar-refractivity contribution >= 4 is 0 Å². The first-order valence-corrected chi connectivity index (χ1v) is 5.45. The minimum Gasteiger partial charge on any atom is -0.317 e. The van der Waals surface area contributed by atoms with E-state index in [-0.39, 0.29) is 0 Å². The summed E-state index contributed by atoms with van der Waals surface area (Å²) in [5.74, 6) is 0.934. The third kappa shape index (κ3) is 2.35. The number of aryl methyl sites for hydroxylation is 2. The SMILES string of the molecule is CNC(CCc1ccn(C)n1)C1CC1. The molecule has 14 heavy (non-hydrogen) atoms. The van der Waals surface area contributed by atoms with Crippen molar-refractivity contribution in [2.24, 2.45) is 13.0 Å². The van der Waals surface area contributed by atoms with Crippen molar-refractivity contribution in [1.29, 1.82) is 0 Å². The van der Waals surface area contributed by atoms with Gasteiger partial charge in [-0.1, -0.05) is 0 Å². The molecule has 1 unspecified atom stereocenters. The Hall–Kier alpha value is -0.830. The first kappa shape index (κ1) is 9.71. The van der Waals surface area contributed by atoms with Gasteiger partial charge < -0.3 is 5.32 Å². The Morgan fingerprint density at radius 2 is 2.43 bits per heavy atom. The lowest BCUT2D eigenvalue weighted by Gasteiger charge is -2.13. The lowest BCUT2D eigenvalue weighted by Crippen LogP contribution is -2.27. The van der Waals surface area contributed by atoms with Crippen molar-refractivity contribution < 1.29 is 0 Å². The number of hydrogen-bond acceptors (Lipinski definition) is 2. The maximum Gasteiger partial charge on any atom is 0.0625 e. The van der Waals surface area contributed by atoms with E-state index in [2.05, 4.69) is 23.5 Å². The van der Waals surface area contributed by atoms with E-state index in [0.717, 1.165) is 12.3 Å². The molecule has 1 aliphatic carbocycles. The Balaban J connectivity index is 1.80. The first-order chi connectivity index (χ1) is 6.79. The van der Waals surface area contributed by atoms with E-state index in [1.54, 1.807) is 0 Å². The van der Waals surface area contributed by atoms with Gasteiger partial charge >= 0.3 is 0 Å². The molecule has 1 aromatic rings. The van der Waals surface area contributed by atoms with Crippen LogP contribution in [0.5, 0.6) is 0 Å². The lowest BCUT2D eigenvalue weighted by atomic mass is 10.1. The van der Waals surface area contributed by atoms with Gasteiger partial charge in [-0.15, -0.1) is 0 Å². The number of nitrogens with one attached hydrogen (secondary N) is 1. The largest absolute Gasteiger partial charge is 0.317 e. The van der Waals surface area contributed by atoms with E-state index in [0.29, 0.717) is 6.04 Å². The number of hydrogen-bond donors (Lipinski definition) is 1. The fraction of sp³-hybridized carbons (Fsp3) is 0.727. The van der Waals surface area contributed by atoms with Gasteiger partial charge in [0.15, 0.2) is 0 Å². The topological polar surface area (TPSA) is 29.9 Å². The summed E-state index contributed by atoms with van der Waals surface area (Å²) in [4.78, 5) is 0. The van der Waals surface area contributed by atoms with E-state index in [9.17, 15) is 0 Å². The van der Waals surface area contributed by atoms with Gasteiger partial charge in [0.05, 0.1) is 5.69 Å². The van der Waals surface area contributed by atoms with Crippen LogP contribution in [0.25, 0.3) is 0 Å². The predicted octanol–water partition coefficient (Wildman–Crippen LogP) is 1.35. The van der Waals surface area contributed by atoms with Crippen molar-refractivity contribution in [3.63, 3.8) is 0 Å². The molecule has 0 amide bonds. The third-order valence-electron chi connectivity index (χ3n) is 3.04. The molecule has 2 rings (SSSR count). The van der Waals surface area contributed by atoms with Crippen LogP contribution in [0.15, 0.2) is 12.3 Å². The van der Waals surface area contributed by atoms with Crippen molar-refractivity contribution in [3.8, 4) is 0 Å². The Morgan fingerprint density at radius 3 is 2.93 bits per heavy atom. The van der Waals surface area contributed by atoms with Crippen LogP contribution in [0, 0.1) is 5.92 Å². The predicted molar refractivity (Wildman–Crippen MR) is 57.1 cm³/mol. The van der Waals surface area contributed by atoms with Gasteiger partial charge in [0.2, 0.25) is 0 Å². The molecule has 3 heteroatoms. The summed E-state index contributed by atoms with van der Waals surface area (Å²) >= 11 is 0. The molecule has 0 bridgehead atoms. The first-order valence-electron chi connectivity index (χ1n) is 5.45. The van der Waals surface area contributed by atoms with E-state index < -0.39 is 0 Å². The van der Waals surface area contributed by atoms with Crippen LogP contribution in [0.4, 0.5) is 0 Å². The van der Waals surface area contributed by atoms with Crippen molar-refractivity contribution in [2.75, 3.05) is 7.05 Å². The van der Waals surface area contributed by atoms with Gasteiger partial charge in [-0.05, 0) is 44.7 Å². The molecule has 0 aliphatic heterocycles. The van der Waals surface area contributed by atoms with E-state index >= 15 is 0 Å². The molecule has 1 fully saturated rings. The van der Waals surface area contributed by atoms with Crippen LogP contribution >= 0.6 is 0 Å². The lowest BCUT2D eigenvalue weighted by molar-refractivity contribution is 0.467. The zero-order chi connectivity index (χ0) is 9.97. The van der Waals surface area contributed by atoms with Crippen molar-refractivity contribution in [1.82, 2.24) is 15.1 Å². The zero-order valence-electron chi connectivity index (χ0n) is 9.03. The van der Waals surface area contributed by atoms with Crippen LogP contribution in [-0.2, 0) is 13.5 Å². The van der Waals surface area contributed by atoms with Crippen LogP contribution in [0.1, 0.15) is 25.0 Å². The quantitative estimate of drug-likeness (QED) is 0.765. The highest BCUT2D eigenvalue weighted by Crippen LogP contribution is 2.34. The molecule has 3 nitrogen and oxygen atoms in total. The summed E-state index contributed by atoms with van der Waals surface area (Å²) < 4.78 is 1.88. The minimum atomic E-state index is 0.706. The molecule has 1 N–H and O–H groups in total. The van der Waals surface area contributed by atoms with Crippen LogP contribution in [-0.4, -0.2) is 22.9 Å². The second kappa shape index (κ2) is 4.13. The number of nitrogens with zero attached hydrogens (tertiary/aromatic N) is 2. The fourth-order valence-corrected chi connectivity index (χ4v) is 2.01. The van der Waals surface area contributed by atoms with Gasteiger partial charge in [0.25, 0.3) is 0 Å². The molecule has 1 aromatic heterocycles. The Bertz CT molecular complexity index is 288. The molecule has 0 saturated heterocycles. The molecule has 0 aromatic carbocycles. The summed E-state index contributed by atoms with van der Waals surface area (Å²) in [6.07, 6.45) is 7.16. The third-order valence-corrected chi connectivity index (χ3v) is 3.04. The van der Waals surface area contributed by atoms with Gasteiger partial charge in [0, 0.05) is 19.3 Å². The summed E-state index contributed by atoms with van der Waals surface area (Å²) in [5, 5.41) is 7.79. The second-order valence-electron chi connectivity index (χ2n) is 4.25. The Morgan fingerprint density at radius 1 is 1.64 bits per heavy atom. The highest BCUT2D eigenvalue weighted by Gasteiger charge is 2.29. The van der Waals surface area contributed by atoms with Crippen LogP contribution in [0.2, 0.25) is 0 Å². The molecular formula is C11H19N3. The van der Waals surface area contributed by atoms with Gasteiger partial charge in [-0.2, -0.15) is 5.10 Å². The second-order valence-corrected chi connectivity index (χ2v) is 4.25. The minimum absolute atomic E-state index is 0.706. The molecule has 0 radical (unpaired) electrons.